The summed E-state index contributed by atoms with van der Waals surface area (Å²) < 4.78 is 11.1. The van der Waals surface area contributed by atoms with Crippen molar-refractivity contribution in [1.82, 2.24) is 4.98 Å². The summed E-state index contributed by atoms with van der Waals surface area (Å²) in [7, 11) is 0. The van der Waals surface area contributed by atoms with Crippen molar-refractivity contribution in [3.63, 3.8) is 0 Å². The lowest BCUT2D eigenvalue weighted by Gasteiger charge is -2.32. The summed E-state index contributed by atoms with van der Waals surface area (Å²) in [6, 6.07) is 5.78. The molecule has 0 spiro atoms. The first-order chi connectivity index (χ1) is 16.0. The Hall–Kier alpha value is -2.77. The van der Waals surface area contributed by atoms with E-state index in [1.807, 2.05) is 57.2 Å². The van der Waals surface area contributed by atoms with Crippen molar-refractivity contribution in [2.75, 3.05) is 0 Å². The third-order valence-corrected chi connectivity index (χ3v) is 5.98. The second kappa shape index (κ2) is 12.6. The van der Waals surface area contributed by atoms with Gasteiger partial charge in [-0.1, -0.05) is 44.2 Å². The molecule has 7 heteroatoms. The van der Waals surface area contributed by atoms with Gasteiger partial charge < -0.3 is 19.7 Å². The highest BCUT2D eigenvalue weighted by atomic mass is 16.6. The van der Waals surface area contributed by atoms with Crippen LogP contribution in [0.4, 0.5) is 0 Å². The highest BCUT2D eigenvalue weighted by Crippen LogP contribution is 2.27. The highest BCUT2D eigenvalue weighted by Gasteiger charge is 2.34. The number of aromatic nitrogens is 1. The summed E-state index contributed by atoms with van der Waals surface area (Å²) in [5.74, 6) is -1.18. The fourth-order valence-electron chi connectivity index (χ4n) is 3.84. The van der Waals surface area contributed by atoms with Gasteiger partial charge in [-0.25, -0.2) is 0 Å². The smallest absolute Gasteiger partial charge is 0.309 e. The van der Waals surface area contributed by atoms with E-state index in [9.17, 15) is 19.8 Å². The zero-order valence-electron chi connectivity index (χ0n) is 20.7. The monoisotopic (exact) mass is 471 g/mol. The van der Waals surface area contributed by atoms with Crippen LogP contribution in [-0.2, 0) is 19.1 Å². The lowest BCUT2D eigenvalue weighted by Crippen LogP contribution is -2.42. The first kappa shape index (κ1) is 27.5. The van der Waals surface area contributed by atoms with Crippen LogP contribution in [-0.4, -0.2) is 51.0 Å². The van der Waals surface area contributed by atoms with Crippen molar-refractivity contribution in [3.8, 4) is 0 Å². The molecule has 6 atom stereocenters. The van der Waals surface area contributed by atoms with Crippen molar-refractivity contribution >= 4 is 11.9 Å². The SMILES string of the molecule is CC(=O)O[C@H]1/C=C/[C@H](C)[C@@H](/C(C)=C/C=C/[C@H](C)c2ccccn2)OC(=O)C[C@@H](O)CC[C@]1(C)O. The molecular formula is C27H37NO6. The largest absolute Gasteiger partial charge is 0.457 e. The van der Waals surface area contributed by atoms with Crippen LogP contribution >= 0.6 is 0 Å². The molecule has 1 aliphatic rings. The summed E-state index contributed by atoms with van der Waals surface area (Å²) in [6.45, 7) is 8.65. The molecule has 0 radical (unpaired) electrons. The predicted octanol–water partition coefficient (Wildman–Crippen LogP) is 4.02. The predicted molar refractivity (Wildman–Crippen MR) is 130 cm³/mol. The third kappa shape index (κ3) is 8.54. The maximum absolute atomic E-state index is 12.5. The van der Waals surface area contributed by atoms with Gasteiger partial charge in [0.1, 0.15) is 17.8 Å². The average molecular weight is 472 g/mol. The number of carbonyl (C=O) groups is 2. The molecule has 2 heterocycles. The molecular weight excluding hydrogens is 434 g/mol. The molecule has 7 nitrogen and oxygen atoms in total. The first-order valence-corrected chi connectivity index (χ1v) is 11.7. The van der Waals surface area contributed by atoms with Gasteiger partial charge in [-0.3, -0.25) is 14.6 Å². The van der Waals surface area contributed by atoms with Crippen molar-refractivity contribution in [2.45, 2.75) is 83.7 Å². The van der Waals surface area contributed by atoms with E-state index >= 15 is 0 Å². The number of aliphatic hydroxyl groups excluding tert-OH is 1. The molecule has 2 N–H and O–H groups in total. The Labute approximate surface area is 202 Å². The van der Waals surface area contributed by atoms with Crippen LogP contribution in [0.5, 0.6) is 0 Å². The van der Waals surface area contributed by atoms with Gasteiger partial charge in [-0.05, 0) is 50.5 Å². The maximum atomic E-state index is 12.5. The Bertz CT molecular complexity index is 905. The van der Waals surface area contributed by atoms with E-state index in [4.69, 9.17) is 9.47 Å². The average Bonchev–Trinajstić information content (AvgIpc) is 2.78. The normalized spacial score (nSPS) is 31.1. The summed E-state index contributed by atoms with van der Waals surface area (Å²) in [4.78, 5) is 28.5. The van der Waals surface area contributed by atoms with Crippen LogP contribution in [0.1, 0.15) is 65.5 Å². The second-order valence-electron chi connectivity index (χ2n) is 9.28. The van der Waals surface area contributed by atoms with E-state index in [2.05, 4.69) is 4.98 Å². The van der Waals surface area contributed by atoms with Crippen molar-refractivity contribution in [3.05, 3.63) is 66.0 Å². The number of aliphatic hydroxyl groups is 2. The Morgan fingerprint density at radius 3 is 2.71 bits per heavy atom. The number of ether oxygens (including phenoxy) is 2. The van der Waals surface area contributed by atoms with Gasteiger partial charge >= 0.3 is 11.9 Å². The second-order valence-corrected chi connectivity index (χ2v) is 9.28. The molecule has 34 heavy (non-hydrogen) atoms. The number of pyridine rings is 1. The fraction of sp³-hybridized carbons (Fsp3) is 0.519. The van der Waals surface area contributed by atoms with E-state index in [1.165, 1.54) is 6.92 Å². The van der Waals surface area contributed by atoms with Crippen molar-refractivity contribution < 1.29 is 29.3 Å². The molecule has 0 amide bonds. The minimum absolute atomic E-state index is 0.114. The van der Waals surface area contributed by atoms with Crippen molar-refractivity contribution in [1.29, 1.82) is 0 Å². The summed E-state index contributed by atoms with van der Waals surface area (Å²) in [6.07, 6.45) is 8.68. The van der Waals surface area contributed by atoms with Crippen LogP contribution < -0.4 is 0 Å². The van der Waals surface area contributed by atoms with E-state index in [0.29, 0.717) is 0 Å². The number of nitrogens with zero attached hydrogens (tertiary/aromatic N) is 1. The molecule has 1 aromatic rings. The fourth-order valence-corrected chi connectivity index (χ4v) is 3.84. The summed E-state index contributed by atoms with van der Waals surface area (Å²) in [5.41, 5.74) is 0.380. The lowest BCUT2D eigenvalue weighted by atomic mass is 9.88. The van der Waals surface area contributed by atoms with Gasteiger partial charge in [0.15, 0.2) is 0 Å². The summed E-state index contributed by atoms with van der Waals surface area (Å²) >= 11 is 0. The van der Waals surface area contributed by atoms with Gasteiger partial charge in [0.2, 0.25) is 0 Å². The quantitative estimate of drug-likeness (QED) is 0.379. The topological polar surface area (TPSA) is 106 Å². The highest BCUT2D eigenvalue weighted by molar-refractivity contribution is 5.70. The Morgan fingerprint density at radius 1 is 1.32 bits per heavy atom. The van der Waals surface area contributed by atoms with Crippen molar-refractivity contribution in [2.24, 2.45) is 5.92 Å². The molecule has 1 aliphatic heterocycles. The standard InChI is InChI=1S/C27H37NO6/c1-18(23-11-6-7-16-28-23)9-8-10-19(2)26-20(3)12-13-24(33-21(4)29)27(5,32)15-14-22(30)17-25(31)34-26/h6-13,16,18,20,22,24,26,30,32H,14-15,17H2,1-5H3/b9-8+,13-12+,19-10+/t18-,20-,22-,24-,26+,27-/m0/s1. The van der Waals surface area contributed by atoms with Crippen LogP contribution in [0.2, 0.25) is 0 Å². The Morgan fingerprint density at radius 2 is 2.06 bits per heavy atom. The molecule has 1 aromatic heterocycles. The number of rotatable bonds is 5. The number of carbonyl (C=O) groups excluding carboxylic acids is 2. The Balaban J connectivity index is 2.29. The first-order valence-electron chi connectivity index (χ1n) is 11.7. The molecule has 0 aromatic carbocycles. The molecule has 0 bridgehead atoms. The van der Waals surface area contributed by atoms with E-state index in [0.717, 1.165) is 11.3 Å². The molecule has 0 fully saturated rings. The zero-order valence-corrected chi connectivity index (χ0v) is 20.7. The van der Waals surface area contributed by atoms with E-state index in [1.54, 1.807) is 25.3 Å². The van der Waals surface area contributed by atoms with Gasteiger partial charge in [-0.2, -0.15) is 0 Å². The van der Waals surface area contributed by atoms with Gasteiger partial charge in [0.05, 0.1) is 12.5 Å². The van der Waals surface area contributed by atoms with Gasteiger partial charge in [0.25, 0.3) is 0 Å². The van der Waals surface area contributed by atoms with E-state index < -0.39 is 35.9 Å². The minimum Gasteiger partial charge on any atom is -0.457 e. The molecule has 0 aliphatic carbocycles. The number of esters is 2. The van der Waals surface area contributed by atoms with Crippen LogP contribution in [0.25, 0.3) is 0 Å². The number of hydrogen-bond donors (Lipinski definition) is 2. The van der Waals surface area contributed by atoms with Crippen LogP contribution in [0.3, 0.4) is 0 Å². The number of allylic oxidation sites excluding steroid dienone is 3. The molecule has 186 valence electrons. The number of cyclic esters (lactones) is 1. The third-order valence-electron chi connectivity index (χ3n) is 5.98. The van der Waals surface area contributed by atoms with E-state index in [-0.39, 0.29) is 31.1 Å². The molecule has 0 saturated heterocycles. The molecule has 2 rings (SSSR count). The van der Waals surface area contributed by atoms with Gasteiger partial charge in [0, 0.05) is 30.7 Å². The Kier molecular flexibility index (Phi) is 10.2. The molecule has 0 unspecified atom stereocenters. The minimum atomic E-state index is -1.39. The number of hydrogen-bond acceptors (Lipinski definition) is 7. The lowest BCUT2D eigenvalue weighted by molar-refractivity contribution is -0.157. The summed E-state index contributed by atoms with van der Waals surface area (Å²) in [5, 5.41) is 21.2. The zero-order chi connectivity index (χ0) is 25.3. The van der Waals surface area contributed by atoms with Gasteiger partial charge in [-0.15, -0.1) is 0 Å². The van der Waals surface area contributed by atoms with Crippen LogP contribution in [0.15, 0.2) is 60.3 Å². The maximum Gasteiger partial charge on any atom is 0.309 e. The van der Waals surface area contributed by atoms with Crippen LogP contribution in [0, 0.1) is 5.92 Å². The molecule has 0 saturated carbocycles.